The highest BCUT2D eigenvalue weighted by atomic mass is 16.5. The zero-order valence-corrected chi connectivity index (χ0v) is 16.1. The van der Waals surface area contributed by atoms with Crippen LogP contribution in [0.1, 0.15) is 69.9 Å². The number of carbonyl (C=O) groups excluding carboxylic acids is 1. The van der Waals surface area contributed by atoms with Crippen molar-refractivity contribution < 1.29 is 9.53 Å². The van der Waals surface area contributed by atoms with Crippen molar-refractivity contribution in [2.45, 2.75) is 70.8 Å². The Balaban J connectivity index is 1.92. The number of hydrogen-bond acceptors (Lipinski definition) is 3. The summed E-state index contributed by atoms with van der Waals surface area (Å²) in [5.41, 5.74) is 3.17. The summed E-state index contributed by atoms with van der Waals surface area (Å²) in [6, 6.07) is 3.81. The summed E-state index contributed by atoms with van der Waals surface area (Å²) in [7, 11) is 1.59. The average Bonchev–Trinajstić information content (AvgIpc) is 2.89. The van der Waals surface area contributed by atoms with Crippen LogP contribution in [0.4, 0.5) is 5.69 Å². The first kappa shape index (κ1) is 18.6. The van der Waals surface area contributed by atoms with Crippen molar-refractivity contribution in [2.24, 2.45) is 10.9 Å². The summed E-state index contributed by atoms with van der Waals surface area (Å²) in [5, 5.41) is 0. The standard InChI is InChI=1S/C22H28N2O2/c1-22(2)14-16-11-21(26-4)19(23-3)12-17(16)18(24-22)13-20(25)15-9-7-5-6-8-10-15/h11-12,15H,5-10,13-14H2,1-2,4H3. The van der Waals surface area contributed by atoms with Crippen molar-refractivity contribution >= 4 is 17.2 Å². The third-order valence-corrected chi connectivity index (χ3v) is 5.55. The molecule has 3 rings (SSSR count). The molecule has 2 aliphatic rings. The Morgan fingerprint density at radius 1 is 1.27 bits per heavy atom. The molecule has 0 aromatic heterocycles. The molecular formula is C22H28N2O2. The maximum Gasteiger partial charge on any atom is 0.228 e. The van der Waals surface area contributed by atoms with Crippen molar-refractivity contribution in [2.75, 3.05) is 7.11 Å². The second-order valence-electron chi connectivity index (χ2n) is 8.17. The summed E-state index contributed by atoms with van der Waals surface area (Å²) < 4.78 is 5.38. The van der Waals surface area contributed by atoms with E-state index in [-0.39, 0.29) is 11.5 Å². The van der Waals surface area contributed by atoms with Gasteiger partial charge < -0.3 is 4.74 Å². The lowest BCUT2D eigenvalue weighted by molar-refractivity contribution is -0.122. The van der Waals surface area contributed by atoms with Crippen molar-refractivity contribution in [3.63, 3.8) is 0 Å². The zero-order valence-electron chi connectivity index (χ0n) is 16.1. The van der Waals surface area contributed by atoms with Crippen LogP contribution in [0.25, 0.3) is 4.85 Å². The van der Waals surface area contributed by atoms with Crippen molar-refractivity contribution in [3.8, 4) is 5.75 Å². The molecule has 0 bridgehead atoms. The van der Waals surface area contributed by atoms with Gasteiger partial charge in [0.15, 0.2) is 0 Å². The predicted octanol–water partition coefficient (Wildman–Crippen LogP) is 5.30. The fourth-order valence-corrected chi connectivity index (χ4v) is 4.25. The number of hydrogen-bond donors (Lipinski definition) is 0. The molecule has 0 amide bonds. The van der Waals surface area contributed by atoms with Crippen LogP contribution in [0, 0.1) is 12.5 Å². The molecule has 0 saturated heterocycles. The lowest BCUT2D eigenvalue weighted by atomic mass is 9.83. The first-order valence-corrected chi connectivity index (χ1v) is 9.64. The number of Topliss-reactive ketones (excluding diaryl/α,β-unsaturated/α-hetero) is 1. The smallest absolute Gasteiger partial charge is 0.228 e. The van der Waals surface area contributed by atoms with Gasteiger partial charge in [-0.25, -0.2) is 4.85 Å². The van der Waals surface area contributed by atoms with E-state index in [2.05, 4.69) is 18.7 Å². The van der Waals surface area contributed by atoms with E-state index in [1.54, 1.807) is 7.11 Å². The van der Waals surface area contributed by atoms with E-state index in [1.165, 1.54) is 12.8 Å². The monoisotopic (exact) mass is 352 g/mol. The topological polar surface area (TPSA) is 43.0 Å². The summed E-state index contributed by atoms with van der Waals surface area (Å²) >= 11 is 0. The molecule has 26 heavy (non-hydrogen) atoms. The Kier molecular flexibility index (Phi) is 5.46. The van der Waals surface area contributed by atoms with E-state index in [0.717, 1.165) is 48.9 Å². The van der Waals surface area contributed by atoms with Crippen LogP contribution in [0.2, 0.25) is 0 Å². The maximum absolute atomic E-state index is 13.0. The van der Waals surface area contributed by atoms with Gasteiger partial charge in [0.05, 0.1) is 19.2 Å². The van der Waals surface area contributed by atoms with Gasteiger partial charge in [0.25, 0.3) is 0 Å². The van der Waals surface area contributed by atoms with E-state index in [0.29, 0.717) is 23.6 Å². The third-order valence-electron chi connectivity index (χ3n) is 5.55. The summed E-state index contributed by atoms with van der Waals surface area (Å²) in [6.45, 7) is 11.6. The Hall–Kier alpha value is -2.15. The highest BCUT2D eigenvalue weighted by molar-refractivity contribution is 6.13. The normalized spacial score (nSPS) is 19.7. The molecule has 4 heteroatoms. The van der Waals surface area contributed by atoms with Crippen LogP contribution in [0.15, 0.2) is 17.1 Å². The molecule has 138 valence electrons. The van der Waals surface area contributed by atoms with Crippen molar-refractivity contribution in [3.05, 3.63) is 34.7 Å². The Morgan fingerprint density at radius 2 is 1.96 bits per heavy atom. The number of aliphatic imine (C=N–C) groups is 1. The van der Waals surface area contributed by atoms with Crippen LogP contribution in [-0.4, -0.2) is 24.1 Å². The number of methoxy groups -OCH3 is 1. The molecule has 1 saturated carbocycles. The highest BCUT2D eigenvalue weighted by Crippen LogP contribution is 2.37. The number of benzene rings is 1. The summed E-state index contributed by atoms with van der Waals surface area (Å²) in [4.78, 5) is 21.4. The molecule has 1 aromatic rings. The van der Waals surface area contributed by atoms with Crippen molar-refractivity contribution in [1.29, 1.82) is 0 Å². The molecule has 0 unspecified atom stereocenters. The first-order chi connectivity index (χ1) is 12.4. The summed E-state index contributed by atoms with van der Waals surface area (Å²) in [6.07, 6.45) is 8.00. The molecule has 0 N–H and O–H groups in total. The fraction of sp³-hybridized carbons (Fsp3) is 0.591. The van der Waals surface area contributed by atoms with Gasteiger partial charge in [-0.3, -0.25) is 9.79 Å². The number of ether oxygens (including phenoxy) is 1. The van der Waals surface area contributed by atoms with E-state index >= 15 is 0 Å². The Bertz CT molecular complexity index is 763. The SMILES string of the molecule is [C-]#[N+]c1cc2c(cc1OC)CC(C)(C)N=C2CC(=O)C1CCCCCC1. The molecule has 1 aliphatic heterocycles. The lowest BCUT2D eigenvalue weighted by Gasteiger charge is -2.30. The van der Waals surface area contributed by atoms with Gasteiger partial charge >= 0.3 is 0 Å². The lowest BCUT2D eigenvalue weighted by Crippen LogP contribution is -2.31. The minimum absolute atomic E-state index is 0.173. The molecular weight excluding hydrogens is 324 g/mol. The van der Waals surface area contributed by atoms with Gasteiger partial charge in [-0.15, -0.1) is 0 Å². The van der Waals surface area contributed by atoms with Gasteiger partial charge in [0.1, 0.15) is 11.5 Å². The van der Waals surface area contributed by atoms with Gasteiger partial charge in [0.2, 0.25) is 5.69 Å². The predicted molar refractivity (Wildman–Crippen MR) is 104 cm³/mol. The molecule has 4 nitrogen and oxygen atoms in total. The first-order valence-electron chi connectivity index (χ1n) is 9.64. The average molecular weight is 352 g/mol. The number of fused-ring (bicyclic) bond motifs is 1. The molecule has 1 heterocycles. The zero-order chi connectivity index (χ0) is 18.7. The van der Waals surface area contributed by atoms with Crippen LogP contribution in [-0.2, 0) is 11.2 Å². The Labute approximate surface area is 156 Å². The largest absolute Gasteiger partial charge is 0.508 e. The van der Waals surface area contributed by atoms with E-state index in [4.69, 9.17) is 16.3 Å². The van der Waals surface area contributed by atoms with Crippen LogP contribution < -0.4 is 4.74 Å². The van der Waals surface area contributed by atoms with Gasteiger partial charge in [-0.05, 0) is 56.4 Å². The molecule has 1 aromatic carbocycles. The number of rotatable bonds is 4. The number of carbonyl (C=O) groups is 1. The summed E-state index contributed by atoms with van der Waals surface area (Å²) in [5.74, 6) is 1.09. The molecule has 0 atom stereocenters. The van der Waals surface area contributed by atoms with Crippen molar-refractivity contribution in [1.82, 2.24) is 0 Å². The Morgan fingerprint density at radius 3 is 2.58 bits per heavy atom. The second kappa shape index (κ2) is 7.61. The van der Waals surface area contributed by atoms with E-state index < -0.39 is 0 Å². The highest BCUT2D eigenvalue weighted by Gasteiger charge is 2.30. The van der Waals surface area contributed by atoms with Gasteiger partial charge in [-0.1, -0.05) is 25.7 Å². The third kappa shape index (κ3) is 3.98. The molecule has 1 aliphatic carbocycles. The van der Waals surface area contributed by atoms with Crippen LogP contribution in [0.5, 0.6) is 5.75 Å². The van der Waals surface area contributed by atoms with Gasteiger partial charge in [0, 0.05) is 18.1 Å². The molecule has 0 radical (unpaired) electrons. The quantitative estimate of drug-likeness (QED) is 0.545. The van der Waals surface area contributed by atoms with Crippen LogP contribution in [0.3, 0.4) is 0 Å². The maximum atomic E-state index is 13.0. The minimum Gasteiger partial charge on any atom is -0.508 e. The molecule has 1 fully saturated rings. The fourth-order valence-electron chi connectivity index (χ4n) is 4.25. The van der Waals surface area contributed by atoms with Gasteiger partial charge in [-0.2, -0.15) is 0 Å². The number of nitrogens with zero attached hydrogens (tertiary/aromatic N) is 2. The minimum atomic E-state index is -0.239. The second-order valence-corrected chi connectivity index (χ2v) is 8.17. The number of ketones is 1. The van der Waals surface area contributed by atoms with E-state index in [9.17, 15) is 4.79 Å². The van der Waals surface area contributed by atoms with E-state index in [1.807, 2.05) is 12.1 Å². The van der Waals surface area contributed by atoms with Crippen LogP contribution >= 0.6 is 0 Å². The molecule has 0 spiro atoms.